The number of carboxylic acids is 1. The molecule has 7 heteroatoms. The Morgan fingerprint density at radius 2 is 1.84 bits per heavy atom. The summed E-state index contributed by atoms with van der Waals surface area (Å²) < 4.78 is 38.6. The monoisotopic (exact) mass is 268 g/mol. The second-order valence-corrected chi connectivity index (χ2v) is 3.63. The zero-order valence-corrected chi connectivity index (χ0v) is 9.35. The van der Waals surface area contributed by atoms with Crippen molar-refractivity contribution >= 4 is 5.97 Å². The molecule has 0 atom stereocenters. The van der Waals surface area contributed by atoms with E-state index in [0.29, 0.717) is 0 Å². The number of carbonyl (C=O) groups is 1. The van der Waals surface area contributed by atoms with Crippen molar-refractivity contribution in [2.45, 2.75) is 6.18 Å². The third-order valence-electron chi connectivity index (χ3n) is 2.44. The maximum Gasteiger partial charge on any atom is 0.417 e. The van der Waals surface area contributed by atoms with Gasteiger partial charge in [0.2, 0.25) is 0 Å². The number of aromatic carboxylic acids is 1. The number of benzene rings is 1. The van der Waals surface area contributed by atoms with E-state index in [-0.39, 0.29) is 11.1 Å². The highest BCUT2D eigenvalue weighted by molar-refractivity contribution is 5.94. The molecule has 0 amide bonds. The SMILES string of the molecule is O=C(O)c1ncncc1-c1ccccc1C(F)(F)F. The lowest BCUT2D eigenvalue weighted by Crippen LogP contribution is -2.10. The van der Waals surface area contributed by atoms with E-state index in [1.807, 2.05) is 0 Å². The Kier molecular flexibility index (Phi) is 3.20. The molecule has 4 nitrogen and oxygen atoms in total. The van der Waals surface area contributed by atoms with Gasteiger partial charge in [-0.3, -0.25) is 0 Å². The van der Waals surface area contributed by atoms with E-state index in [9.17, 15) is 18.0 Å². The molecule has 0 bridgehead atoms. The van der Waals surface area contributed by atoms with Crippen molar-refractivity contribution in [3.8, 4) is 11.1 Å². The van der Waals surface area contributed by atoms with Gasteiger partial charge in [0.25, 0.3) is 0 Å². The predicted molar refractivity (Wildman–Crippen MR) is 59.4 cm³/mol. The zero-order chi connectivity index (χ0) is 14.0. The van der Waals surface area contributed by atoms with Crippen molar-refractivity contribution in [3.63, 3.8) is 0 Å². The van der Waals surface area contributed by atoms with Gasteiger partial charge in [-0.05, 0) is 11.6 Å². The average Bonchev–Trinajstić information content (AvgIpc) is 2.37. The van der Waals surface area contributed by atoms with Crippen LogP contribution in [0.2, 0.25) is 0 Å². The quantitative estimate of drug-likeness (QED) is 0.909. The van der Waals surface area contributed by atoms with Gasteiger partial charge in [-0.2, -0.15) is 13.2 Å². The van der Waals surface area contributed by atoms with Crippen molar-refractivity contribution in [1.82, 2.24) is 9.97 Å². The number of hydrogen-bond donors (Lipinski definition) is 1. The minimum absolute atomic E-state index is 0.164. The van der Waals surface area contributed by atoms with E-state index < -0.39 is 23.4 Å². The van der Waals surface area contributed by atoms with Crippen LogP contribution in [-0.4, -0.2) is 21.0 Å². The van der Waals surface area contributed by atoms with Gasteiger partial charge in [0.1, 0.15) is 6.33 Å². The van der Waals surface area contributed by atoms with Crippen LogP contribution in [0.4, 0.5) is 13.2 Å². The fraction of sp³-hybridized carbons (Fsp3) is 0.0833. The maximum atomic E-state index is 12.9. The third-order valence-corrected chi connectivity index (χ3v) is 2.44. The molecule has 2 rings (SSSR count). The molecule has 98 valence electrons. The van der Waals surface area contributed by atoms with E-state index in [0.717, 1.165) is 18.6 Å². The molecule has 1 aromatic heterocycles. The second-order valence-electron chi connectivity index (χ2n) is 3.63. The van der Waals surface area contributed by atoms with E-state index in [1.54, 1.807) is 0 Å². The molecule has 0 saturated carbocycles. The van der Waals surface area contributed by atoms with Crippen molar-refractivity contribution in [2.75, 3.05) is 0 Å². The van der Waals surface area contributed by atoms with Crippen LogP contribution >= 0.6 is 0 Å². The summed E-state index contributed by atoms with van der Waals surface area (Å²) >= 11 is 0. The van der Waals surface area contributed by atoms with Gasteiger partial charge < -0.3 is 5.11 Å². The van der Waals surface area contributed by atoms with Crippen LogP contribution < -0.4 is 0 Å². The summed E-state index contributed by atoms with van der Waals surface area (Å²) in [4.78, 5) is 18.1. The molecule has 2 aromatic rings. The molecule has 19 heavy (non-hydrogen) atoms. The summed E-state index contributed by atoms with van der Waals surface area (Å²) in [6.45, 7) is 0. The Labute approximate surface area is 105 Å². The molecule has 1 heterocycles. The Balaban J connectivity index is 2.70. The first-order valence-electron chi connectivity index (χ1n) is 5.11. The summed E-state index contributed by atoms with van der Waals surface area (Å²) in [5.74, 6) is -1.41. The number of rotatable bonds is 2. The molecule has 0 radical (unpaired) electrons. The van der Waals surface area contributed by atoms with Crippen LogP contribution in [-0.2, 0) is 6.18 Å². The van der Waals surface area contributed by atoms with Crippen LogP contribution in [0.5, 0.6) is 0 Å². The van der Waals surface area contributed by atoms with Crippen LogP contribution in [0.1, 0.15) is 16.1 Å². The molecule has 0 aliphatic heterocycles. The number of nitrogens with zero attached hydrogens (tertiary/aromatic N) is 2. The van der Waals surface area contributed by atoms with Crippen molar-refractivity contribution in [3.05, 3.63) is 48.0 Å². The molecule has 0 aliphatic carbocycles. The molecule has 0 fully saturated rings. The maximum absolute atomic E-state index is 12.9. The molecule has 0 aliphatic rings. The number of carboxylic acid groups (broad SMARTS) is 1. The standard InChI is InChI=1S/C12H7F3N2O2/c13-12(14,15)9-4-2-1-3-7(9)8-5-16-6-17-10(8)11(18)19/h1-6H,(H,18,19). The van der Waals surface area contributed by atoms with Crippen LogP contribution in [0.15, 0.2) is 36.8 Å². The minimum Gasteiger partial charge on any atom is -0.476 e. The summed E-state index contributed by atoms with van der Waals surface area (Å²) in [5.41, 5.74) is -1.81. The lowest BCUT2D eigenvalue weighted by molar-refractivity contribution is -0.137. The van der Waals surface area contributed by atoms with E-state index in [4.69, 9.17) is 5.11 Å². The number of aromatic nitrogens is 2. The van der Waals surface area contributed by atoms with Crippen molar-refractivity contribution in [1.29, 1.82) is 0 Å². The van der Waals surface area contributed by atoms with Gasteiger partial charge in [0.15, 0.2) is 5.69 Å². The Morgan fingerprint density at radius 1 is 1.16 bits per heavy atom. The highest BCUT2D eigenvalue weighted by Gasteiger charge is 2.34. The van der Waals surface area contributed by atoms with Gasteiger partial charge in [0, 0.05) is 11.8 Å². The summed E-state index contributed by atoms with van der Waals surface area (Å²) in [7, 11) is 0. The smallest absolute Gasteiger partial charge is 0.417 e. The fourth-order valence-electron chi connectivity index (χ4n) is 1.66. The highest BCUT2D eigenvalue weighted by atomic mass is 19.4. The topological polar surface area (TPSA) is 63.1 Å². The molecule has 0 saturated heterocycles. The first-order valence-corrected chi connectivity index (χ1v) is 5.11. The number of halogens is 3. The minimum atomic E-state index is -4.58. The largest absolute Gasteiger partial charge is 0.476 e. The normalized spacial score (nSPS) is 11.3. The Bertz CT molecular complexity index is 626. The van der Waals surface area contributed by atoms with Gasteiger partial charge in [-0.1, -0.05) is 18.2 Å². The molecular formula is C12H7F3N2O2. The molecule has 0 unspecified atom stereocenters. The highest BCUT2D eigenvalue weighted by Crippen LogP contribution is 2.37. The van der Waals surface area contributed by atoms with Gasteiger partial charge in [-0.25, -0.2) is 14.8 Å². The molecular weight excluding hydrogens is 261 g/mol. The van der Waals surface area contributed by atoms with Gasteiger partial charge >= 0.3 is 12.1 Å². The van der Waals surface area contributed by atoms with Crippen molar-refractivity contribution in [2.24, 2.45) is 0 Å². The van der Waals surface area contributed by atoms with Crippen LogP contribution in [0, 0.1) is 0 Å². The first kappa shape index (κ1) is 13.0. The van der Waals surface area contributed by atoms with E-state index in [2.05, 4.69) is 9.97 Å². The van der Waals surface area contributed by atoms with Gasteiger partial charge in [0.05, 0.1) is 5.56 Å². The second kappa shape index (κ2) is 4.68. The molecule has 0 spiro atoms. The average molecular weight is 268 g/mol. The first-order chi connectivity index (χ1) is 8.91. The molecule has 1 N–H and O–H groups in total. The summed E-state index contributed by atoms with van der Waals surface area (Å²) in [5, 5.41) is 8.95. The fourth-order valence-corrected chi connectivity index (χ4v) is 1.66. The summed E-state index contributed by atoms with van der Waals surface area (Å²) in [6.07, 6.45) is -2.55. The van der Waals surface area contributed by atoms with E-state index >= 15 is 0 Å². The zero-order valence-electron chi connectivity index (χ0n) is 9.35. The Morgan fingerprint density at radius 3 is 2.47 bits per heavy atom. The predicted octanol–water partition coefficient (Wildman–Crippen LogP) is 2.86. The van der Waals surface area contributed by atoms with Crippen LogP contribution in [0.3, 0.4) is 0 Å². The Hall–Kier alpha value is -2.44. The third kappa shape index (κ3) is 2.54. The number of hydrogen-bond acceptors (Lipinski definition) is 3. The lowest BCUT2D eigenvalue weighted by Gasteiger charge is -2.13. The van der Waals surface area contributed by atoms with E-state index in [1.165, 1.54) is 18.2 Å². The van der Waals surface area contributed by atoms with Gasteiger partial charge in [-0.15, -0.1) is 0 Å². The number of alkyl halides is 3. The molecule has 1 aromatic carbocycles. The lowest BCUT2D eigenvalue weighted by atomic mass is 9.99. The van der Waals surface area contributed by atoms with Crippen molar-refractivity contribution < 1.29 is 23.1 Å². The van der Waals surface area contributed by atoms with Crippen LogP contribution in [0.25, 0.3) is 11.1 Å². The summed E-state index contributed by atoms with van der Waals surface area (Å²) in [6, 6.07) is 4.70.